The molecule has 1 saturated heterocycles. The molecule has 0 bridgehead atoms. The number of anilines is 2. The van der Waals surface area contributed by atoms with Crippen LogP contribution in [-0.4, -0.2) is 382 Å². The molecular weight excluding hydrogens is 1910 g/mol. The number of pyridine rings is 1. The van der Waals surface area contributed by atoms with Gasteiger partial charge >= 0.3 is 17.9 Å². The van der Waals surface area contributed by atoms with E-state index in [0.29, 0.717) is 228 Å². The van der Waals surface area contributed by atoms with Gasteiger partial charge in [-0.15, -0.1) is 5.06 Å². The molecule has 1 aliphatic heterocycles. The number of imidazole rings is 2. The fourth-order valence-corrected chi connectivity index (χ4v) is 14.8. The van der Waals surface area contributed by atoms with Crippen molar-refractivity contribution in [2.75, 3.05) is 274 Å². The van der Waals surface area contributed by atoms with Gasteiger partial charge in [0.05, 0.1) is 297 Å². The lowest BCUT2D eigenvalue weighted by Crippen LogP contribution is -2.45. The SMILES string of the molecule is CCCCc1nc2c([nH]1)c(N)cc1cc(CCCCCNC(=O)[C@@H](CC(=O)CCOCCOCCOCCOCCOCCOCCOCCOCCOCCC(=O)O)CS(=O)(=O)O)ccc12.CCCCc1nc2c([nH]1)c(N)nc1cc(CCCCCNC(=O)[C@@H](N)CS(=O)(=O)O)ccc12.O=C(O)CCOCCOCCOCCOCCOCCOCCOCCOCCOCCC(=O)ON1C(=O)CCC1=O. The molecule has 142 heavy (non-hydrogen) atoms. The number of amides is 4. The molecule has 0 spiro atoms. The molecule has 4 amide bonds. The second kappa shape index (κ2) is 76.6. The molecule has 2 atom stereocenters. The molecule has 1 fully saturated rings. The first-order chi connectivity index (χ1) is 68.6. The summed E-state index contributed by atoms with van der Waals surface area (Å²) in [7, 11) is -8.77. The van der Waals surface area contributed by atoms with Gasteiger partial charge in [-0.1, -0.05) is 69.9 Å². The summed E-state index contributed by atoms with van der Waals surface area (Å²) in [5.41, 5.74) is 25.2. The number of carboxylic acids is 2. The minimum atomic E-state index is -4.49. The van der Waals surface area contributed by atoms with Crippen molar-refractivity contribution in [2.24, 2.45) is 11.7 Å². The first kappa shape index (κ1) is 124. The summed E-state index contributed by atoms with van der Waals surface area (Å²) in [6.45, 7) is 18.3. The number of aromatic nitrogens is 5. The molecule has 804 valence electrons. The van der Waals surface area contributed by atoms with Crippen molar-refractivity contribution < 1.29 is 165 Å². The van der Waals surface area contributed by atoms with Crippen molar-refractivity contribution in [3.05, 3.63) is 65.2 Å². The van der Waals surface area contributed by atoms with E-state index in [1.165, 1.54) is 5.56 Å². The Bertz CT molecular complexity index is 4770. The fraction of sp³-hybridized carbons (Fsp3) is 0.691. The molecular formula is C94H151N11O35S2. The zero-order valence-electron chi connectivity index (χ0n) is 82.1. The number of fused-ring (bicyclic) bond motifs is 6. The molecule has 0 saturated carbocycles. The van der Waals surface area contributed by atoms with Crippen LogP contribution >= 0.6 is 0 Å². The molecule has 1 aliphatic rings. The summed E-state index contributed by atoms with van der Waals surface area (Å²) in [6, 6.07) is 13.2. The van der Waals surface area contributed by atoms with Crippen LogP contribution in [0.2, 0.25) is 0 Å². The third-order valence-electron chi connectivity index (χ3n) is 20.7. The van der Waals surface area contributed by atoms with Gasteiger partial charge in [-0.05, 0) is 80.0 Å². The highest BCUT2D eigenvalue weighted by Gasteiger charge is 2.33. The number of rotatable bonds is 87. The van der Waals surface area contributed by atoms with Crippen LogP contribution in [0, 0.1) is 5.92 Å². The average molecular weight is 2060 g/mol. The summed E-state index contributed by atoms with van der Waals surface area (Å²) >= 11 is 0. The zero-order valence-corrected chi connectivity index (χ0v) is 83.7. The van der Waals surface area contributed by atoms with Crippen LogP contribution in [0.25, 0.3) is 43.7 Å². The smallest absolute Gasteiger partial charge is 0.335 e. The van der Waals surface area contributed by atoms with Crippen LogP contribution in [0.1, 0.15) is 146 Å². The van der Waals surface area contributed by atoms with Gasteiger partial charge in [0.15, 0.2) is 0 Å². The van der Waals surface area contributed by atoms with E-state index in [2.05, 4.69) is 63.7 Å². The molecule has 3 aromatic heterocycles. The van der Waals surface area contributed by atoms with Crippen molar-refractivity contribution in [1.82, 2.24) is 40.6 Å². The van der Waals surface area contributed by atoms with Gasteiger partial charge in [0.2, 0.25) is 11.8 Å². The first-order valence-corrected chi connectivity index (χ1v) is 51.8. The number of nitrogens with zero attached hydrogens (tertiary/aromatic N) is 4. The Morgan fingerprint density at radius 2 is 0.754 bits per heavy atom. The quantitative estimate of drug-likeness (QED) is 0.00953. The molecule has 3 aromatic carbocycles. The standard InChI is InChI=1S/C46H74N4O16S.C26H45NO15.C22H32N6O4S/c1-2-3-8-42-49-44-40-10-9-36(32-37(40)34-41(47)45(44)50-42)7-5-4-6-13-48-46(54)38(35-67(55,56)57)33-39(51)11-14-58-16-18-60-20-22-62-24-26-64-28-30-66-31-29-65-27-25-63-23-21-61-19-17-59-15-12-43(52)53;28-23-1-2-24(29)27(23)42-26(32)4-6-34-8-10-36-12-14-38-16-18-40-20-22-41-21-19-39-17-15-37-13-11-35-9-7-33-5-3-25(30)31;1-2-3-8-18-27-19-15-10-9-14(12-17(15)26-21(24)20(19)28-18)7-5-4-6-11-25-22(29)16(23)13-33(30,31)32/h9-10,32,34,38H,2-8,11-31,33,35,47H2,1H3,(H,48,54)(H,49,50)(H,52,53)(H,55,56,57);1-22H2,(H,30,31);9-10,12,16H,2-8,11,13,23H2,1H3,(H2,24,26)(H,25,29)(H,27,28)(H,30,31,32)/t38-;;16-/m0.0/s1. The molecule has 7 rings (SSSR count). The number of ether oxygens (including phenoxy) is 18. The normalized spacial score (nSPS) is 12.8. The van der Waals surface area contributed by atoms with E-state index in [-0.39, 0.29) is 97.0 Å². The molecule has 0 radical (unpaired) electrons. The van der Waals surface area contributed by atoms with E-state index >= 15 is 0 Å². The van der Waals surface area contributed by atoms with Crippen molar-refractivity contribution in [3.8, 4) is 0 Å². The largest absolute Gasteiger partial charge is 0.481 e. The monoisotopic (exact) mass is 2060 g/mol. The molecule has 48 heteroatoms. The number of carboxylic acid groups (broad SMARTS) is 2. The molecule has 4 heterocycles. The lowest BCUT2D eigenvalue weighted by molar-refractivity contribution is -0.198. The number of nitrogen functional groups attached to an aromatic ring is 2. The number of benzene rings is 3. The minimum Gasteiger partial charge on any atom is -0.481 e. The summed E-state index contributed by atoms with van der Waals surface area (Å²) in [5, 5.41) is 25.9. The number of hydroxylamine groups is 2. The lowest BCUT2D eigenvalue weighted by atomic mass is 10.0. The van der Waals surface area contributed by atoms with Crippen LogP contribution in [0.5, 0.6) is 0 Å². The molecule has 6 aromatic rings. The maximum atomic E-state index is 12.9. The van der Waals surface area contributed by atoms with Gasteiger partial charge in [0.1, 0.15) is 40.3 Å². The topological polar surface area (TPSA) is 637 Å². The Labute approximate surface area is 829 Å². The predicted molar refractivity (Wildman–Crippen MR) is 522 cm³/mol. The zero-order chi connectivity index (χ0) is 103. The second-order valence-corrected chi connectivity index (χ2v) is 35.5. The van der Waals surface area contributed by atoms with Crippen molar-refractivity contribution in [3.63, 3.8) is 0 Å². The number of unbranched alkanes of at least 4 members (excludes halogenated alkanes) is 6. The Kier molecular flexibility index (Phi) is 66.7. The molecule has 14 N–H and O–H groups in total. The highest BCUT2D eigenvalue weighted by molar-refractivity contribution is 7.86. The Hall–Kier alpha value is -8.91. The lowest BCUT2D eigenvalue weighted by Gasteiger charge is -2.15. The highest BCUT2D eigenvalue weighted by Crippen LogP contribution is 2.32. The van der Waals surface area contributed by atoms with E-state index in [0.717, 1.165) is 144 Å². The number of H-pyrrole nitrogens is 2. The minimum absolute atomic E-state index is 0.0132. The van der Waals surface area contributed by atoms with Crippen molar-refractivity contribution >= 4 is 123 Å². The third kappa shape index (κ3) is 58.9. The van der Waals surface area contributed by atoms with Crippen molar-refractivity contribution in [1.29, 1.82) is 0 Å². The number of aromatic amines is 2. The van der Waals surface area contributed by atoms with Gasteiger partial charge < -0.3 is 138 Å². The number of carbonyl (C=O) groups excluding carboxylic acids is 6. The van der Waals surface area contributed by atoms with Crippen LogP contribution in [0.3, 0.4) is 0 Å². The third-order valence-corrected chi connectivity index (χ3v) is 22.3. The number of nitrogens with two attached hydrogens (primary N) is 3. The van der Waals surface area contributed by atoms with E-state index in [4.69, 9.17) is 132 Å². The van der Waals surface area contributed by atoms with Gasteiger partial charge in [0.25, 0.3) is 32.1 Å². The van der Waals surface area contributed by atoms with Crippen LogP contribution in [0.4, 0.5) is 11.5 Å². The van der Waals surface area contributed by atoms with E-state index < -0.39 is 85.2 Å². The van der Waals surface area contributed by atoms with Gasteiger partial charge in [-0.25, -0.2) is 19.7 Å². The van der Waals surface area contributed by atoms with Gasteiger partial charge in [0, 0.05) is 62.4 Å². The first-order valence-electron chi connectivity index (χ1n) is 48.5. The predicted octanol–water partition coefficient (Wildman–Crippen LogP) is 5.64. The number of imide groups is 1. The van der Waals surface area contributed by atoms with Crippen LogP contribution in [0.15, 0.2) is 42.5 Å². The second-order valence-electron chi connectivity index (χ2n) is 32.5. The number of Topliss-reactive ketones (excluding diaryl/α,β-unsaturated/α-hetero) is 1. The summed E-state index contributed by atoms with van der Waals surface area (Å²) in [4.78, 5) is 118. The fourth-order valence-electron chi connectivity index (χ4n) is 13.4. The summed E-state index contributed by atoms with van der Waals surface area (Å²) in [6.07, 6.45) is 12.3. The number of ketones is 1. The summed E-state index contributed by atoms with van der Waals surface area (Å²) < 4.78 is 160. The van der Waals surface area contributed by atoms with Crippen LogP contribution in [-0.2, 0) is 174 Å². The maximum Gasteiger partial charge on any atom is 0.335 e. The average Bonchev–Trinajstić information content (AvgIpc) is 1.62. The van der Waals surface area contributed by atoms with E-state index in [1.807, 2.05) is 18.2 Å². The number of carbonyl (C=O) groups is 8. The Morgan fingerprint density at radius 3 is 1.13 bits per heavy atom. The number of aryl methyl sites for hydroxylation is 4. The van der Waals surface area contributed by atoms with Gasteiger partial charge in [-0.2, -0.15) is 16.8 Å². The number of hydrogen-bond acceptors (Lipinski definition) is 37. The number of hydrogen-bond donors (Lipinski definition) is 11. The van der Waals surface area contributed by atoms with Crippen LogP contribution < -0.4 is 27.8 Å². The Morgan fingerprint density at radius 1 is 0.408 bits per heavy atom. The highest BCUT2D eigenvalue weighted by atomic mass is 32.2. The maximum absolute atomic E-state index is 12.9. The van der Waals surface area contributed by atoms with Crippen molar-refractivity contribution in [2.45, 2.75) is 155 Å². The van der Waals surface area contributed by atoms with E-state index in [9.17, 15) is 59.7 Å². The number of nitrogens with one attached hydrogen (secondary N) is 4. The summed E-state index contributed by atoms with van der Waals surface area (Å²) in [5.74, 6) is -5.54. The van der Waals surface area contributed by atoms with Gasteiger partial charge in [-0.3, -0.25) is 42.7 Å². The Balaban J connectivity index is 0.000000404. The molecule has 46 nitrogen and oxygen atoms in total. The molecule has 0 aliphatic carbocycles. The molecule has 0 unspecified atom stereocenters. The number of aliphatic carboxylic acids is 2. The van der Waals surface area contributed by atoms with E-state index in [1.54, 1.807) is 0 Å².